The SMILES string of the molecule is O=c1[nH]c(=O)n(CCc2cccc(Cl)c2)nc1OCc1ccccc1. The third kappa shape index (κ3) is 4.58. The van der Waals surface area contributed by atoms with Gasteiger partial charge in [-0.1, -0.05) is 54.1 Å². The van der Waals surface area contributed by atoms with Crippen LogP contribution in [0.15, 0.2) is 64.2 Å². The van der Waals surface area contributed by atoms with Crippen molar-refractivity contribution < 1.29 is 4.74 Å². The lowest BCUT2D eigenvalue weighted by molar-refractivity contribution is 0.275. The van der Waals surface area contributed by atoms with Crippen molar-refractivity contribution >= 4 is 11.6 Å². The lowest BCUT2D eigenvalue weighted by atomic mass is 10.1. The molecule has 1 heterocycles. The molecule has 0 saturated carbocycles. The second kappa shape index (κ2) is 7.81. The molecule has 1 N–H and O–H groups in total. The summed E-state index contributed by atoms with van der Waals surface area (Å²) in [5.41, 5.74) is 0.665. The second-order valence-electron chi connectivity index (χ2n) is 5.44. The molecule has 6 nitrogen and oxygen atoms in total. The highest BCUT2D eigenvalue weighted by atomic mass is 35.5. The highest BCUT2D eigenvalue weighted by Crippen LogP contribution is 2.11. The van der Waals surface area contributed by atoms with E-state index in [1.165, 1.54) is 4.68 Å². The van der Waals surface area contributed by atoms with Crippen LogP contribution >= 0.6 is 11.6 Å². The van der Waals surface area contributed by atoms with Crippen molar-refractivity contribution in [3.8, 4) is 5.88 Å². The van der Waals surface area contributed by atoms with E-state index in [4.69, 9.17) is 16.3 Å². The van der Waals surface area contributed by atoms with E-state index in [0.717, 1.165) is 11.1 Å². The molecule has 0 aliphatic rings. The number of nitrogens with one attached hydrogen (secondary N) is 1. The third-order valence-corrected chi connectivity index (χ3v) is 3.82. The average Bonchev–Trinajstić information content (AvgIpc) is 2.61. The Morgan fingerprint density at radius 2 is 1.80 bits per heavy atom. The van der Waals surface area contributed by atoms with Gasteiger partial charge >= 0.3 is 11.2 Å². The Bertz CT molecular complexity index is 967. The zero-order chi connectivity index (χ0) is 17.6. The smallest absolute Gasteiger partial charge is 0.344 e. The summed E-state index contributed by atoms with van der Waals surface area (Å²) in [6.45, 7) is 0.501. The zero-order valence-corrected chi connectivity index (χ0v) is 14.1. The first-order chi connectivity index (χ1) is 12.1. The van der Waals surface area contributed by atoms with Crippen LogP contribution in [0.3, 0.4) is 0 Å². The van der Waals surface area contributed by atoms with E-state index in [9.17, 15) is 9.59 Å². The molecule has 1 aromatic heterocycles. The Balaban J connectivity index is 1.73. The largest absolute Gasteiger partial charge is 0.468 e. The van der Waals surface area contributed by atoms with Crippen LogP contribution in [-0.2, 0) is 19.6 Å². The van der Waals surface area contributed by atoms with Crippen LogP contribution in [0.1, 0.15) is 11.1 Å². The molecular weight excluding hydrogens is 342 g/mol. The van der Waals surface area contributed by atoms with Crippen LogP contribution in [0.2, 0.25) is 5.02 Å². The summed E-state index contributed by atoms with van der Waals surface area (Å²) in [4.78, 5) is 26.0. The number of ether oxygens (including phenoxy) is 1. The molecule has 2 aromatic carbocycles. The van der Waals surface area contributed by atoms with E-state index >= 15 is 0 Å². The topological polar surface area (TPSA) is 77.0 Å². The van der Waals surface area contributed by atoms with E-state index in [1.54, 1.807) is 6.07 Å². The molecule has 0 radical (unpaired) electrons. The maximum Gasteiger partial charge on any atom is 0.344 e. The minimum Gasteiger partial charge on any atom is -0.468 e. The quantitative estimate of drug-likeness (QED) is 0.735. The number of H-pyrrole nitrogens is 1. The number of hydrogen-bond acceptors (Lipinski definition) is 4. The van der Waals surface area contributed by atoms with Gasteiger partial charge in [0, 0.05) is 5.02 Å². The molecule has 0 saturated heterocycles. The van der Waals surface area contributed by atoms with Crippen molar-refractivity contribution in [2.75, 3.05) is 0 Å². The number of aromatic nitrogens is 3. The molecule has 0 bridgehead atoms. The van der Waals surface area contributed by atoms with E-state index < -0.39 is 11.2 Å². The van der Waals surface area contributed by atoms with E-state index in [-0.39, 0.29) is 12.5 Å². The van der Waals surface area contributed by atoms with Gasteiger partial charge in [-0.25, -0.2) is 9.48 Å². The van der Waals surface area contributed by atoms with Crippen LogP contribution in [0.25, 0.3) is 0 Å². The molecule has 7 heteroatoms. The number of halogens is 1. The lowest BCUT2D eigenvalue weighted by Gasteiger charge is -2.08. The maximum atomic E-state index is 11.9. The van der Waals surface area contributed by atoms with Crippen molar-refractivity contribution in [1.82, 2.24) is 14.8 Å². The van der Waals surface area contributed by atoms with Crippen LogP contribution < -0.4 is 16.0 Å². The monoisotopic (exact) mass is 357 g/mol. The summed E-state index contributed by atoms with van der Waals surface area (Å²) in [7, 11) is 0. The highest BCUT2D eigenvalue weighted by Gasteiger charge is 2.08. The zero-order valence-electron chi connectivity index (χ0n) is 13.3. The van der Waals surface area contributed by atoms with Gasteiger partial charge in [0.05, 0.1) is 6.54 Å². The summed E-state index contributed by atoms with van der Waals surface area (Å²) < 4.78 is 6.64. The summed E-state index contributed by atoms with van der Waals surface area (Å²) in [5.74, 6) is -0.130. The fraction of sp³-hybridized carbons (Fsp3) is 0.167. The predicted octanol–water partition coefficient (Wildman–Crippen LogP) is 2.41. The first kappa shape index (κ1) is 17.0. The van der Waals surface area contributed by atoms with Crippen molar-refractivity contribution in [1.29, 1.82) is 0 Å². The molecule has 3 aromatic rings. The molecule has 0 fully saturated rings. The molecule has 3 rings (SSSR count). The minimum absolute atomic E-state index is 0.130. The number of benzene rings is 2. The number of rotatable bonds is 6. The Hall–Kier alpha value is -2.86. The first-order valence-electron chi connectivity index (χ1n) is 7.74. The van der Waals surface area contributed by atoms with Crippen molar-refractivity contribution in [3.05, 3.63) is 91.6 Å². The second-order valence-corrected chi connectivity index (χ2v) is 5.88. The minimum atomic E-state index is -0.639. The van der Waals surface area contributed by atoms with Crippen LogP contribution in [0.4, 0.5) is 0 Å². The van der Waals surface area contributed by atoms with Crippen molar-refractivity contribution in [2.45, 2.75) is 19.6 Å². The predicted molar refractivity (Wildman–Crippen MR) is 95.0 cm³/mol. The van der Waals surface area contributed by atoms with E-state index in [1.807, 2.05) is 48.5 Å². The van der Waals surface area contributed by atoms with Gasteiger partial charge in [0.25, 0.3) is 5.88 Å². The molecular formula is C18H16ClN3O3. The standard InChI is InChI=1S/C18H16ClN3O3/c19-15-8-4-7-13(11-15)9-10-22-18(24)20-16(23)17(21-22)25-12-14-5-2-1-3-6-14/h1-8,11H,9-10,12H2,(H,20,23,24). The molecule has 0 unspecified atom stereocenters. The molecule has 0 spiro atoms. The Morgan fingerprint density at radius 3 is 2.56 bits per heavy atom. The average molecular weight is 358 g/mol. The summed E-state index contributed by atoms with van der Waals surface area (Å²) in [5, 5.41) is 4.66. The Kier molecular flexibility index (Phi) is 5.30. The molecule has 128 valence electrons. The molecule has 0 atom stereocenters. The number of aromatic amines is 1. The fourth-order valence-electron chi connectivity index (χ4n) is 2.31. The lowest BCUT2D eigenvalue weighted by Crippen LogP contribution is -2.33. The summed E-state index contributed by atoms with van der Waals surface area (Å²) in [6.07, 6.45) is 0.553. The van der Waals surface area contributed by atoms with Crippen LogP contribution in [0.5, 0.6) is 5.88 Å². The van der Waals surface area contributed by atoms with Gasteiger partial charge in [0.1, 0.15) is 6.61 Å². The molecule has 0 aliphatic heterocycles. The van der Waals surface area contributed by atoms with Gasteiger partial charge in [-0.2, -0.15) is 0 Å². The van der Waals surface area contributed by atoms with Gasteiger partial charge in [0.2, 0.25) is 0 Å². The van der Waals surface area contributed by atoms with Crippen molar-refractivity contribution in [3.63, 3.8) is 0 Å². The van der Waals surface area contributed by atoms with Crippen molar-refractivity contribution in [2.24, 2.45) is 0 Å². The number of hydrogen-bond donors (Lipinski definition) is 1. The first-order valence-corrected chi connectivity index (χ1v) is 8.12. The van der Waals surface area contributed by atoms with Gasteiger partial charge in [0.15, 0.2) is 0 Å². The summed E-state index contributed by atoms with van der Waals surface area (Å²) in [6, 6.07) is 16.8. The van der Waals surface area contributed by atoms with Crippen LogP contribution in [0, 0.1) is 0 Å². The maximum absolute atomic E-state index is 11.9. The van der Waals surface area contributed by atoms with Crippen LogP contribution in [-0.4, -0.2) is 14.8 Å². The van der Waals surface area contributed by atoms with E-state index in [0.29, 0.717) is 18.0 Å². The number of aryl methyl sites for hydroxylation is 2. The molecule has 0 amide bonds. The van der Waals surface area contributed by atoms with Gasteiger partial charge < -0.3 is 4.74 Å². The third-order valence-electron chi connectivity index (χ3n) is 3.58. The van der Waals surface area contributed by atoms with Gasteiger partial charge in [-0.15, -0.1) is 5.10 Å². The molecule has 25 heavy (non-hydrogen) atoms. The van der Waals surface area contributed by atoms with Gasteiger partial charge in [-0.3, -0.25) is 9.78 Å². The Morgan fingerprint density at radius 1 is 1.04 bits per heavy atom. The normalized spacial score (nSPS) is 10.6. The molecule has 0 aliphatic carbocycles. The fourth-order valence-corrected chi connectivity index (χ4v) is 2.53. The Labute approximate surface area is 148 Å². The summed E-state index contributed by atoms with van der Waals surface area (Å²) >= 11 is 5.95. The van der Waals surface area contributed by atoms with Gasteiger partial charge in [-0.05, 0) is 29.7 Å². The highest BCUT2D eigenvalue weighted by molar-refractivity contribution is 6.30. The van der Waals surface area contributed by atoms with E-state index in [2.05, 4.69) is 10.1 Å². The number of nitrogens with zero attached hydrogens (tertiary/aromatic N) is 2.